The average molecular weight is 481 g/mol. The van der Waals surface area contributed by atoms with Gasteiger partial charge in [0.1, 0.15) is 12.2 Å². The molecule has 33 heavy (non-hydrogen) atoms. The van der Waals surface area contributed by atoms with Gasteiger partial charge in [-0.15, -0.1) is 0 Å². The molecule has 0 aromatic heterocycles. The van der Waals surface area contributed by atoms with Crippen LogP contribution in [0.15, 0.2) is 0 Å². The maximum atomic E-state index is 11.8. The number of hydrogen-bond donors (Lipinski definition) is 0. The van der Waals surface area contributed by atoms with Crippen molar-refractivity contribution < 1.29 is 17.3 Å². The number of rotatable bonds is 7. The maximum Gasteiger partial charge on any atom is 0.264 e. The van der Waals surface area contributed by atoms with Crippen LogP contribution < -0.4 is 0 Å². The Morgan fingerprint density at radius 1 is 1.00 bits per heavy atom. The Morgan fingerprint density at radius 2 is 1.76 bits per heavy atom. The van der Waals surface area contributed by atoms with Gasteiger partial charge in [-0.1, -0.05) is 53.9 Å². The highest BCUT2D eigenvalue weighted by Crippen LogP contribution is 2.70. The van der Waals surface area contributed by atoms with Crippen LogP contribution in [-0.4, -0.2) is 33.0 Å². The molecule has 0 spiro atoms. The molecule has 0 aromatic carbocycles. The minimum absolute atomic E-state index is 0.00894. The molecular weight excluding hydrogens is 432 g/mol. The Morgan fingerprint density at radius 3 is 2.45 bits per heavy atom. The predicted octanol–water partition coefficient (Wildman–Crippen LogP) is 6.44. The molecule has 5 heteroatoms. The van der Waals surface area contributed by atoms with E-state index in [4.69, 9.17) is 8.92 Å². The summed E-state index contributed by atoms with van der Waals surface area (Å²) in [5, 5.41) is 0. The van der Waals surface area contributed by atoms with Crippen molar-refractivity contribution in [3.8, 4) is 0 Å². The second kappa shape index (κ2) is 8.47. The van der Waals surface area contributed by atoms with Gasteiger partial charge in [-0.2, -0.15) is 8.42 Å². The van der Waals surface area contributed by atoms with E-state index in [0.29, 0.717) is 11.3 Å². The smallest absolute Gasteiger partial charge is 0.264 e. The summed E-state index contributed by atoms with van der Waals surface area (Å²) in [6.45, 7) is 12.4. The number of fused-ring (bicyclic) bond motifs is 7. The summed E-state index contributed by atoms with van der Waals surface area (Å²) in [6, 6.07) is 0. The largest absolute Gasteiger partial charge is 0.366 e. The van der Waals surface area contributed by atoms with E-state index >= 15 is 0 Å². The lowest BCUT2D eigenvalue weighted by Crippen LogP contribution is -2.57. The summed E-state index contributed by atoms with van der Waals surface area (Å²) in [4.78, 5) is 0. The summed E-state index contributed by atoms with van der Waals surface area (Å²) in [7, 11) is -3.44. The van der Waals surface area contributed by atoms with Crippen LogP contribution in [0.5, 0.6) is 0 Å². The van der Waals surface area contributed by atoms with E-state index in [1.807, 2.05) is 0 Å². The lowest BCUT2D eigenvalue weighted by Gasteiger charge is -2.60. The van der Waals surface area contributed by atoms with E-state index in [-0.39, 0.29) is 23.7 Å². The lowest BCUT2D eigenvalue weighted by atomic mass is 9.44. The molecule has 0 N–H and O–H groups in total. The third kappa shape index (κ3) is 4.14. The summed E-state index contributed by atoms with van der Waals surface area (Å²) in [5.74, 6) is 5.53. The zero-order chi connectivity index (χ0) is 23.8. The van der Waals surface area contributed by atoms with Crippen LogP contribution >= 0.6 is 0 Å². The highest BCUT2D eigenvalue weighted by Gasteiger charge is 2.70. The fraction of sp³-hybridized carbons (Fsp3) is 1.00. The van der Waals surface area contributed by atoms with E-state index in [1.54, 1.807) is 0 Å². The Hall–Kier alpha value is -0.130. The third-order valence-electron chi connectivity index (χ3n) is 11.5. The molecule has 5 fully saturated rings. The van der Waals surface area contributed by atoms with Gasteiger partial charge in [0.2, 0.25) is 0 Å². The van der Waals surface area contributed by atoms with E-state index in [2.05, 4.69) is 34.6 Å². The Bertz CT molecular complexity index is 839. The van der Waals surface area contributed by atoms with Crippen molar-refractivity contribution in [3.05, 3.63) is 0 Å². The third-order valence-corrected chi connectivity index (χ3v) is 12.1. The molecule has 0 amide bonds. The van der Waals surface area contributed by atoms with E-state index < -0.39 is 10.1 Å². The van der Waals surface area contributed by atoms with Crippen molar-refractivity contribution in [1.82, 2.24) is 0 Å². The van der Waals surface area contributed by atoms with Gasteiger partial charge in [0, 0.05) is 5.41 Å². The molecule has 1 heterocycles. The second-order valence-corrected chi connectivity index (χ2v) is 15.2. The molecule has 1 saturated heterocycles. The normalized spacial score (nSPS) is 49.7. The van der Waals surface area contributed by atoms with E-state index in [9.17, 15) is 8.42 Å². The van der Waals surface area contributed by atoms with Gasteiger partial charge >= 0.3 is 0 Å². The van der Waals surface area contributed by atoms with Crippen LogP contribution in [0.2, 0.25) is 0 Å². The van der Waals surface area contributed by atoms with E-state index in [0.717, 1.165) is 41.9 Å². The van der Waals surface area contributed by atoms with Gasteiger partial charge < -0.3 is 4.74 Å². The molecule has 4 saturated carbocycles. The molecule has 0 bridgehead atoms. The highest BCUT2D eigenvalue weighted by atomic mass is 32.2. The van der Waals surface area contributed by atoms with Gasteiger partial charge in [0.05, 0.1) is 12.4 Å². The molecule has 11 atom stereocenters. The van der Waals surface area contributed by atoms with Crippen molar-refractivity contribution in [2.24, 2.45) is 52.3 Å². The van der Waals surface area contributed by atoms with Crippen molar-refractivity contribution in [1.29, 1.82) is 0 Å². The van der Waals surface area contributed by atoms with Gasteiger partial charge in [-0.25, -0.2) is 0 Å². The summed E-state index contributed by atoms with van der Waals surface area (Å²) in [5.41, 5.74) is 0.718. The molecule has 190 valence electrons. The maximum absolute atomic E-state index is 11.8. The van der Waals surface area contributed by atoms with Crippen molar-refractivity contribution in [3.63, 3.8) is 0 Å². The summed E-state index contributed by atoms with van der Waals surface area (Å²) >= 11 is 0. The van der Waals surface area contributed by atoms with Crippen LogP contribution in [0.3, 0.4) is 0 Å². The molecular formula is C28H48O4S. The molecule has 0 unspecified atom stereocenters. The van der Waals surface area contributed by atoms with Crippen molar-refractivity contribution in [2.45, 2.75) is 117 Å². The number of ether oxygens (including phenoxy) is 1. The molecule has 4 nitrogen and oxygen atoms in total. The number of epoxide rings is 1. The second-order valence-electron chi connectivity index (χ2n) is 13.6. The zero-order valence-corrected chi connectivity index (χ0v) is 22.7. The molecule has 0 radical (unpaired) electrons. The predicted molar refractivity (Wildman–Crippen MR) is 132 cm³/mol. The van der Waals surface area contributed by atoms with Crippen molar-refractivity contribution in [2.75, 3.05) is 6.26 Å². The monoisotopic (exact) mass is 480 g/mol. The van der Waals surface area contributed by atoms with Gasteiger partial charge in [-0.05, 0) is 91.8 Å². The van der Waals surface area contributed by atoms with E-state index in [1.165, 1.54) is 64.0 Å². The van der Waals surface area contributed by atoms with Gasteiger partial charge in [0.25, 0.3) is 10.1 Å². The van der Waals surface area contributed by atoms with Crippen LogP contribution in [0, 0.1) is 52.3 Å². The van der Waals surface area contributed by atoms with Gasteiger partial charge in [-0.3, -0.25) is 4.18 Å². The first-order chi connectivity index (χ1) is 15.4. The molecule has 1 aliphatic heterocycles. The quantitative estimate of drug-likeness (QED) is 0.311. The van der Waals surface area contributed by atoms with Crippen LogP contribution in [0.4, 0.5) is 0 Å². The fourth-order valence-corrected chi connectivity index (χ4v) is 10.6. The fourth-order valence-electron chi connectivity index (χ4n) is 9.95. The van der Waals surface area contributed by atoms with Crippen LogP contribution in [-0.2, 0) is 19.0 Å². The lowest BCUT2D eigenvalue weighted by molar-refractivity contribution is -0.121. The van der Waals surface area contributed by atoms with Crippen LogP contribution in [0.1, 0.15) is 98.8 Å². The summed E-state index contributed by atoms with van der Waals surface area (Å²) < 4.78 is 35.3. The first-order valence-corrected chi connectivity index (χ1v) is 15.8. The van der Waals surface area contributed by atoms with Crippen LogP contribution in [0.25, 0.3) is 0 Å². The Balaban J connectivity index is 1.30. The minimum atomic E-state index is -3.44. The molecule has 4 aliphatic carbocycles. The van der Waals surface area contributed by atoms with Gasteiger partial charge in [0.15, 0.2) is 0 Å². The topological polar surface area (TPSA) is 55.9 Å². The SMILES string of the molecule is CC(C)CCC[C@@H](C)[C@@H]1CC[C@@H]2[C@@H]3CC[C@H]4C[C@H](OS(C)(=O)=O)[C@@H]5O[C@@H]5[C@]4(C)[C@@H]3CC[C@]21C. The zero-order valence-electron chi connectivity index (χ0n) is 21.9. The first-order valence-electron chi connectivity index (χ1n) is 14.0. The average Bonchev–Trinajstić information content (AvgIpc) is 3.44. The Kier molecular flexibility index (Phi) is 6.31. The number of hydrogen-bond acceptors (Lipinski definition) is 4. The Labute approximate surface area is 203 Å². The molecule has 0 aromatic rings. The minimum Gasteiger partial charge on any atom is -0.366 e. The molecule has 5 rings (SSSR count). The molecule has 5 aliphatic rings. The highest BCUT2D eigenvalue weighted by molar-refractivity contribution is 7.86. The van der Waals surface area contributed by atoms with Crippen molar-refractivity contribution >= 4 is 10.1 Å². The summed E-state index contributed by atoms with van der Waals surface area (Å²) in [6.07, 6.45) is 14.2. The standard InChI is InChI=1S/C28H48O4S/c1-17(2)8-7-9-18(3)21-12-13-22-20-11-10-19-16-24(32-33(6,29)30)25-26(31-25)28(19,5)23(20)14-15-27(21,22)4/h17-26H,7-16H2,1-6H3/t18-,19+,20+,21+,22-,23-,24+,25+,26+,27+,28+/m1/s1. The first kappa shape index (κ1) is 24.6.